The van der Waals surface area contributed by atoms with Gasteiger partial charge in [-0.1, -0.05) is 129 Å². The lowest BCUT2D eigenvalue weighted by atomic mass is 9.68. The molecular weight excluding hydrogens is 416 g/mol. The molecule has 0 atom stereocenters. The molecule has 0 aliphatic heterocycles. The molecule has 0 radical (unpaired) electrons. The summed E-state index contributed by atoms with van der Waals surface area (Å²) in [7, 11) is 0. The first-order valence-corrected chi connectivity index (χ1v) is 15.5. The van der Waals surface area contributed by atoms with Gasteiger partial charge < -0.3 is 4.74 Å². The third kappa shape index (κ3) is 13.3. The molecule has 2 aliphatic carbocycles. The number of carbonyl (C=O) groups is 1. The fourth-order valence-corrected chi connectivity index (χ4v) is 6.76. The molecule has 0 heterocycles. The smallest absolute Gasteiger partial charge is 0.330 e. The number of carbonyl (C=O) groups excluding carboxylic acids is 1. The van der Waals surface area contributed by atoms with Crippen LogP contribution in [-0.4, -0.2) is 12.6 Å². The summed E-state index contributed by atoms with van der Waals surface area (Å²) in [5.41, 5.74) is 0. The Kier molecular flexibility index (Phi) is 16.8. The second kappa shape index (κ2) is 19.4. The molecule has 2 rings (SSSR count). The molecule has 0 saturated heterocycles. The Balaban J connectivity index is 1.39. The highest BCUT2D eigenvalue weighted by atomic mass is 16.5. The van der Waals surface area contributed by atoms with Gasteiger partial charge in [-0.3, -0.25) is 0 Å². The third-order valence-electron chi connectivity index (χ3n) is 9.08. The second-order valence-corrected chi connectivity index (χ2v) is 11.8. The quantitative estimate of drug-likeness (QED) is 0.106. The lowest BCUT2D eigenvalue weighted by molar-refractivity contribution is -0.137. The van der Waals surface area contributed by atoms with E-state index in [1.807, 2.05) is 0 Å². The molecule has 2 fully saturated rings. The van der Waals surface area contributed by atoms with Crippen molar-refractivity contribution in [3.63, 3.8) is 0 Å². The molecular formula is C32H58O2. The Morgan fingerprint density at radius 2 is 1.06 bits per heavy atom. The summed E-state index contributed by atoms with van der Waals surface area (Å²) in [6, 6.07) is 0. The first kappa shape index (κ1) is 29.4. The van der Waals surface area contributed by atoms with Crippen LogP contribution in [0, 0.1) is 23.7 Å². The minimum Gasteiger partial charge on any atom is -0.463 e. The predicted molar refractivity (Wildman–Crippen MR) is 147 cm³/mol. The zero-order chi connectivity index (χ0) is 24.3. The normalized spacial score (nSPS) is 25.2. The van der Waals surface area contributed by atoms with Gasteiger partial charge in [-0.2, -0.15) is 0 Å². The largest absolute Gasteiger partial charge is 0.463 e. The van der Waals surface area contributed by atoms with Gasteiger partial charge in [0.1, 0.15) is 0 Å². The van der Waals surface area contributed by atoms with Crippen molar-refractivity contribution >= 4 is 5.97 Å². The standard InChI is InChI=1S/C32H58O2/c1-3-5-6-7-11-14-17-28-19-23-30(24-20-28)31-25-21-29(22-26-31)18-15-12-9-8-10-13-16-27-34-32(33)4-2/h4,28-31H,2-3,5-27H2,1H3. The van der Waals surface area contributed by atoms with Gasteiger partial charge in [-0.05, 0) is 55.8 Å². The first-order chi connectivity index (χ1) is 16.7. The highest BCUT2D eigenvalue weighted by Gasteiger charge is 2.30. The maximum atomic E-state index is 11.0. The summed E-state index contributed by atoms with van der Waals surface area (Å²) >= 11 is 0. The van der Waals surface area contributed by atoms with Crippen molar-refractivity contribution in [2.75, 3.05) is 6.61 Å². The van der Waals surface area contributed by atoms with Gasteiger partial charge in [0.15, 0.2) is 0 Å². The van der Waals surface area contributed by atoms with Gasteiger partial charge in [-0.25, -0.2) is 4.79 Å². The Morgan fingerprint density at radius 3 is 1.50 bits per heavy atom. The van der Waals surface area contributed by atoms with Crippen LogP contribution >= 0.6 is 0 Å². The van der Waals surface area contributed by atoms with Crippen LogP contribution in [0.3, 0.4) is 0 Å². The van der Waals surface area contributed by atoms with Crippen molar-refractivity contribution in [1.82, 2.24) is 0 Å². The van der Waals surface area contributed by atoms with E-state index in [9.17, 15) is 4.79 Å². The molecule has 198 valence electrons. The second-order valence-electron chi connectivity index (χ2n) is 11.8. The van der Waals surface area contributed by atoms with Crippen LogP contribution in [0.25, 0.3) is 0 Å². The summed E-state index contributed by atoms with van der Waals surface area (Å²) < 4.78 is 5.02. The van der Waals surface area contributed by atoms with E-state index in [0.29, 0.717) is 6.61 Å². The van der Waals surface area contributed by atoms with Crippen LogP contribution in [0.4, 0.5) is 0 Å². The van der Waals surface area contributed by atoms with Crippen LogP contribution < -0.4 is 0 Å². The van der Waals surface area contributed by atoms with Gasteiger partial charge in [-0.15, -0.1) is 0 Å². The van der Waals surface area contributed by atoms with Crippen molar-refractivity contribution in [2.24, 2.45) is 23.7 Å². The van der Waals surface area contributed by atoms with E-state index in [1.54, 1.807) is 25.7 Å². The molecule has 0 amide bonds. The molecule has 2 heteroatoms. The van der Waals surface area contributed by atoms with Gasteiger partial charge in [0, 0.05) is 6.08 Å². The molecule has 2 saturated carbocycles. The molecule has 0 unspecified atom stereocenters. The minimum atomic E-state index is -0.291. The first-order valence-electron chi connectivity index (χ1n) is 15.5. The van der Waals surface area contributed by atoms with Crippen molar-refractivity contribution in [3.8, 4) is 0 Å². The van der Waals surface area contributed by atoms with Crippen LogP contribution in [0.5, 0.6) is 0 Å². The summed E-state index contributed by atoms with van der Waals surface area (Å²) in [4.78, 5) is 11.0. The molecule has 0 spiro atoms. The molecule has 0 aromatic carbocycles. The van der Waals surface area contributed by atoms with Gasteiger partial charge in [0.05, 0.1) is 6.61 Å². The Morgan fingerprint density at radius 1 is 0.647 bits per heavy atom. The van der Waals surface area contributed by atoms with E-state index < -0.39 is 0 Å². The molecule has 34 heavy (non-hydrogen) atoms. The van der Waals surface area contributed by atoms with Crippen LogP contribution in [0.15, 0.2) is 12.7 Å². The highest BCUT2D eigenvalue weighted by Crippen LogP contribution is 2.43. The summed E-state index contributed by atoms with van der Waals surface area (Å²) in [6.07, 6.45) is 34.3. The van der Waals surface area contributed by atoms with Crippen LogP contribution in [-0.2, 0) is 9.53 Å². The van der Waals surface area contributed by atoms with Crippen LogP contribution in [0.1, 0.15) is 155 Å². The Labute approximate surface area is 213 Å². The SMILES string of the molecule is C=CC(=O)OCCCCCCCCCC1CCC(C2CCC(CCCCCCCC)CC2)CC1. The van der Waals surface area contributed by atoms with E-state index in [-0.39, 0.29) is 5.97 Å². The molecule has 0 aromatic rings. The van der Waals surface area contributed by atoms with Crippen molar-refractivity contribution in [3.05, 3.63) is 12.7 Å². The zero-order valence-corrected chi connectivity index (χ0v) is 22.9. The van der Waals surface area contributed by atoms with Crippen molar-refractivity contribution < 1.29 is 9.53 Å². The Bertz CT molecular complexity index is 497. The number of ether oxygens (including phenoxy) is 1. The van der Waals surface area contributed by atoms with Crippen LogP contribution in [0.2, 0.25) is 0 Å². The predicted octanol–water partition coefficient (Wildman–Crippen LogP) is 10.2. The maximum Gasteiger partial charge on any atom is 0.330 e. The summed E-state index contributed by atoms with van der Waals surface area (Å²) in [6.45, 7) is 6.28. The summed E-state index contributed by atoms with van der Waals surface area (Å²) in [5, 5.41) is 0. The number of rotatable bonds is 19. The van der Waals surface area contributed by atoms with Gasteiger partial charge >= 0.3 is 5.97 Å². The molecule has 2 nitrogen and oxygen atoms in total. The average Bonchev–Trinajstić information content (AvgIpc) is 2.88. The number of esters is 1. The number of unbranched alkanes of at least 4 members (excludes halogenated alkanes) is 11. The van der Waals surface area contributed by atoms with Crippen molar-refractivity contribution in [1.29, 1.82) is 0 Å². The monoisotopic (exact) mass is 474 g/mol. The fourth-order valence-electron chi connectivity index (χ4n) is 6.76. The van der Waals surface area contributed by atoms with E-state index in [4.69, 9.17) is 4.74 Å². The number of hydrogen-bond donors (Lipinski definition) is 0. The Hall–Kier alpha value is -0.790. The lowest BCUT2D eigenvalue weighted by Crippen LogP contribution is -2.25. The molecule has 0 N–H and O–H groups in total. The maximum absolute atomic E-state index is 11.0. The minimum absolute atomic E-state index is 0.291. The number of hydrogen-bond acceptors (Lipinski definition) is 2. The summed E-state index contributed by atoms with van der Waals surface area (Å²) in [5.74, 6) is 3.94. The van der Waals surface area contributed by atoms with Gasteiger partial charge in [0.25, 0.3) is 0 Å². The van der Waals surface area contributed by atoms with Gasteiger partial charge in [0.2, 0.25) is 0 Å². The highest BCUT2D eigenvalue weighted by molar-refractivity contribution is 5.81. The van der Waals surface area contributed by atoms with E-state index >= 15 is 0 Å². The fraction of sp³-hybridized carbons (Fsp3) is 0.906. The molecule has 0 bridgehead atoms. The van der Waals surface area contributed by atoms with E-state index in [2.05, 4.69) is 13.5 Å². The van der Waals surface area contributed by atoms with E-state index in [0.717, 1.165) is 30.1 Å². The van der Waals surface area contributed by atoms with E-state index in [1.165, 1.54) is 122 Å². The third-order valence-corrected chi connectivity index (χ3v) is 9.08. The zero-order valence-electron chi connectivity index (χ0n) is 22.9. The topological polar surface area (TPSA) is 26.3 Å². The average molecular weight is 475 g/mol. The lowest BCUT2D eigenvalue weighted by Gasteiger charge is -2.38. The molecule has 0 aromatic heterocycles. The molecule has 2 aliphatic rings. The van der Waals surface area contributed by atoms with Crippen molar-refractivity contribution in [2.45, 2.75) is 155 Å².